The van der Waals surface area contributed by atoms with Crippen LogP contribution in [-0.2, 0) is 0 Å². The molecule has 3 fully saturated rings. The van der Waals surface area contributed by atoms with Crippen molar-refractivity contribution in [2.24, 2.45) is 23.5 Å². The first-order chi connectivity index (χ1) is 9.14. The molecule has 0 aromatic carbocycles. The molecule has 0 aliphatic heterocycles. The Kier molecular flexibility index (Phi) is 3.92. The van der Waals surface area contributed by atoms with Crippen LogP contribution in [0.2, 0.25) is 0 Å². The summed E-state index contributed by atoms with van der Waals surface area (Å²) in [7, 11) is 0. The van der Waals surface area contributed by atoms with Crippen LogP contribution in [0.25, 0.3) is 0 Å². The normalized spacial score (nSPS) is 36.2. The minimum atomic E-state index is 0.358. The average Bonchev–Trinajstić information content (AvgIpc) is 3.29. The Balaban J connectivity index is 1.74. The summed E-state index contributed by atoms with van der Waals surface area (Å²) in [5.74, 6) is 2.82. The maximum absolute atomic E-state index is 6.32. The van der Waals surface area contributed by atoms with Crippen LogP contribution in [0.1, 0.15) is 65.2 Å². The molecule has 0 spiro atoms. The highest BCUT2D eigenvalue weighted by molar-refractivity contribution is 5.04. The third-order valence-electron chi connectivity index (χ3n) is 5.69. The van der Waals surface area contributed by atoms with Gasteiger partial charge in [-0.15, -0.1) is 0 Å². The SMILES string of the molecule is CC(C)CN(C1CC1)C1(CN)CCCC(C2CC2)C1. The minimum Gasteiger partial charge on any atom is -0.329 e. The molecule has 0 heterocycles. The standard InChI is InChI=1S/C17H32N2/c1-13(2)11-19(16-7-8-16)17(12-18)9-3-4-15(10-17)14-5-6-14/h13-16H,3-12,18H2,1-2H3. The van der Waals surface area contributed by atoms with Gasteiger partial charge in [-0.1, -0.05) is 26.7 Å². The Morgan fingerprint density at radius 1 is 1.11 bits per heavy atom. The lowest BCUT2D eigenvalue weighted by atomic mass is 9.72. The number of hydrogen-bond acceptors (Lipinski definition) is 2. The molecule has 19 heavy (non-hydrogen) atoms. The Morgan fingerprint density at radius 2 is 1.84 bits per heavy atom. The first kappa shape index (κ1) is 13.9. The van der Waals surface area contributed by atoms with Gasteiger partial charge >= 0.3 is 0 Å². The highest BCUT2D eigenvalue weighted by Gasteiger charge is 2.48. The lowest BCUT2D eigenvalue weighted by Crippen LogP contribution is -2.58. The van der Waals surface area contributed by atoms with Gasteiger partial charge < -0.3 is 5.73 Å². The van der Waals surface area contributed by atoms with E-state index in [1.807, 2.05) is 0 Å². The van der Waals surface area contributed by atoms with Crippen LogP contribution < -0.4 is 5.73 Å². The Morgan fingerprint density at radius 3 is 2.37 bits per heavy atom. The molecule has 3 rings (SSSR count). The van der Waals surface area contributed by atoms with E-state index in [4.69, 9.17) is 5.73 Å². The first-order valence-corrected chi connectivity index (χ1v) is 8.61. The summed E-state index contributed by atoms with van der Waals surface area (Å²) in [6.07, 6.45) is 11.5. The van der Waals surface area contributed by atoms with Gasteiger partial charge in [0.15, 0.2) is 0 Å². The van der Waals surface area contributed by atoms with Crippen LogP contribution in [0.5, 0.6) is 0 Å². The zero-order chi connectivity index (χ0) is 13.5. The average molecular weight is 264 g/mol. The molecule has 110 valence electrons. The molecule has 0 radical (unpaired) electrons. The van der Waals surface area contributed by atoms with Crippen molar-refractivity contribution in [2.45, 2.75) is 76.8 Å². The van der Waals surface area contributed by atoms with E-state index in [9.17, 15) is 0 Å². The highest BCUT2D eigenvalue weighted by atomic mass is 15.3. The van der Waals surface area contributed by atoms with Crippen molar-refractivity contribution in [1.29, 1.82) is 0 Å². The summed E-state index contributed by atoms with van der Waals surface area (Å²) in [5, 5.41) is 0. The Bertz CT molecular complexity index is 306. The molecule has 2 unspecified atom stereocenters. The van der Waals surface area contributed by atoms with Gasteiger partial charge in [0.1, 0.15) is 0 Å². The first-order valence-electron chi connectivity index (χ1n) is 8.61. The molecule has 2 nitrogen and oxygen atoms in total. The predicted molar refractivity (Wildman–Crippen MR) is 81.0 cm³/mol. The van der Waals surface area contributed by atoms with Crippen LogP contribution in [0, 0.1) is 17.8 Å². The fourth-order valence-electron chi connectivity index (χ4n) is 4.43. The Labute approximate surface area is 119 Å². The van der Waals surface area contributed by atoms with Crippen molar-refractivity contribution >= 4 is 0 Å². The lowest BCUT2D eigenvalue weighted by Gasteiger charge is -2.49. The molecule has 2 atom stereocenters. The van der Waals surface area contributed by atoms with Gasteiger partial charge in [-0.25, -0.2) is 0 Å². The Hall–Kier alpha value is -0.0800. The molecule has 0 bridgehead atoms. The number of rotatable bonds is 6. The topological polar surface area (TPSA) is 29.3 Å². The molecule has 0 aromatic rings. The highest BCUT2D eigenvalue weighted by Crippen LogP contribution is 2.49. The molecule has 3 aliphatic carbocycles. The third kappa shape index (κ3) is 3.00. The second kappa shape index (κ2) is 5.37. The molecular formula is C17H32N2. The minimum absolute atomic E-state index is 0.358. The van der Waals surface area contributed by atoms with E-state index in [-0.39, 0.29) is 0 Å². The molecule has 2 heteroatoms. The quantitative estimate of drug-likeness (QED) is 0.796. The van der Waals surface area contributed by atoms with Crippen molar-refractivity contribution in [3.63, 3.8) is 0 Å². The van der Waals surface area contributed by atoms with Gasteiger partial charge in [0.25, 0.3) is 0 Å². The third-order valence-corrected chi connectivity index (χ3v) is 5.69. The smallest absolute Gasteiger partial charge is 0.0337 e. The molecule has 3 aliphatic rings. The number of nitrogens with two attached hydrogens (primary N) is 1. The van der Waals surface area contributed by atoms with Crippen LogP contribution in [0.4, 0.5) is 0 Å². The molecular weight excluding hydrogens is 232 g/mol. The second-order valence-corrected chi connectivity index (χ2v) is 7.90. The molecule has 0 amide bonds. The monoisotopic (exact) mass is 264 g/mol. The van der Waals surface area contributed by atoms with Gasteiger partial charge in [-0.2, -0.15) is 0 Å². The summed E-state index contributed by atoms with van der Waals surface area (Å²) in [6.45, 7) is 6.88. The van der Waals surface area contributed by atoms with E-state index in [2.05, 4.69) is 18.7 Å². The van der Waals surface area contributed by atoms with Crippen LogP contribution in [0.15, 0.2) is 0 Å². The summed E-state index contributed by atoms with van der Waals surface area (Å²) in [6, 6.07) is 0.865. The van der Waals surface area contributed by atoms with E-state index < -0.39 is 0 Å². The predicted octanol–water partition coefficient (Wildman–Crippen LogP) is 3.40. The van der Waals surface area contributed by atoms with Crippen LogP contribution >= 0.6 is 0 Å². The fourth-order valence-corrected chi connectivity index (χ4v) is 4.43. The largest absolute Gasteiger partial charge is 0.329 e. The van der Waals surface area contributed by atoms with Gasteiger partial charge in [0, 0.05) is 24.7 Å². The zero-order valence-corrected chi connectivity index (χ0v) is 12.9. The van der Waals surface area contributed by atoms with Crippen molar-refractivity contribution in [2.75, 3.05) is 13.1 Å². The van der Waals surface area contributed by atoms with Crippen molar-refractivity contribution < 1.29 is 0 Å². The van der Waals surface area contributed by atoms with E-state index in [1.165, 1.54) is 57.9 Å². The maximum atomic E-state index is 6.32. The second-order valence-electron chi connectivity index (χ2n) is 7.90. The summed E-state index contributed by atoms with van der Waals surface area (Å²) in [5.41, 5.74) is 6.68. The van der Waals surface area contributed by atoms with Crippen molar-refractivity contribution in [3.8, 4) is 0 Å². The molecule has 0 saturated heterocycles. The van der Waals surface area contributed by atoms with E-state index in [1.54, 1.807) is 0 Å². The molecule has 2 N–H and O–H groups in total. The molecule has 3 saturated carbocycles. The number of nitrogens with zero attached hydrogens (tertiary/aromatic N) is 1. The summed E-state index contributed by atoms with van der Waals surface area (Å²) >= 11 is 0. The number of hydrogen-bond donors (Lipinski definition) is 1. The van der Waals surface area contributed by atoms with Gasteiger partial charge in [0.2, 0.25) is 0 Å². The van der Waals surface area contributed by atoms with Crippen LogP contribution in [0.3, 0.4) is 0 Å². The summed E-state index contributed by atoms with van der Waals surface area (Å²) in [4.78, 5) is 2.85. The summed E-state index contributed by atoms with van der Waals surface area (Å²) < 4.78 is 0. The van der Waals surface area contributed by atoms with Gasteiger partial charge in [0.05, 0.1) is 0 Å². The zero-order valence-electron chi connectivity index (χ0n) is 12.9. The van der Waals surface area contributed by atoms with Crippen LogP contribution in [-0.4, -0.2) is 29.6 Å². The fraction of sp³-hybridized carbons (Fsp3) is 1.00. The maximum Gasteiger partial charge on any atom is 0.0337 e. The van der Waals surface area contributed by atoms with Gasteiger partial charge in [-0.05, 0) is 56.3 Å². The van der Waals surface area contributed by atoms with Crippen molar-refractivity contribution in [1.82, 2.24) is 4.90 Å². The van der Waals surface area contributed by atoms with Crippen molar-refractivity contribution in [3.05, 3.63) is 0 Å². The van der Waals surface area contributed by atoms with E-state index in [0.717, 1.165) is 30.3 Å². The van der Waals surface area contributed by atoms with E-state index >= 15 is 0 Å². The lowest BCUT2D eigenvalue weighted by molar-refractivity contribution is 0.0157. The molecule has 0 aromatic heterocycles. The van der Waals surface area contributed by atoms with E-state index in [0.29, 0.717) is 5.54 Å². The van der Waals surface area contributed by atoms with Gasteiger partial charge in [-0.3, -0.25) is 4.90 Å².